The van der Waals surface area contributed by atoms with Gasteiger partial charge in [0.2, 0.25) is 0 Å². The van der Waals surface area contributed by atoms with Crippen molar-refractivity contribution in [2.45, 2.75) is 39.3 Å². The van der Waals surface area contributed by atoms with Gasteiger partial charge in [-0.2, -0.15) is 0 Å². The van der Waals surface area contributed by atoms with Crippen molar-refractivity contribution in [3.63, 3.8) is 0 Å². The van der Waals surface area contributed by atoms with Crippen LogP contribution in [0.15, 0.2) is 24.3 Å². The Hall–Kier alpha value is -1.58. The second kappa shape index (κ2) is 5.38. The number of esters is 1. The first-order valence-electron chi connectivity index (χ1n) is 5.92. The van der Waals surface area contributed by atoms with Crippen LogP contribution in [0.3, 0.4) is 0 Å². The fourth-order valence-electron chi connectivity index (χ4n) is 1.49. The van der Waals surface area contributed by atoms with E-state index >= 15 is 0 Å². The molecule has 100 valence electrons. The molecule has 0 amide bonds. The lowest BCUT2D eigenvalue weighted by Crippen LogP contribution is -2.40. The SMILES string of the molecule is CC(C(=O)OC(C)(C)C)N(C)c1ccccc1F. The van der Waals surface area contributed by atoms with Gasteiger partial charge in [0.15, 0.2) is 0 Å². The molecule has 0 spiro atoms. The first kappa shape index (κ1) is 14.5. The summed E-state index contributed by atoms with van der Waals surface area (Å²) >= 11 is 0. The zero-order valence-corrected chi connectivity index (χ0v) is 11.5. The highest BCUT2D eigenvalue weighted by atomic mass is 19.1. The van der Waals surface area contributed by atoms with Gasteiger partial charge in [0, 0.05) is 7.05 Å². The van der Waals surface area contributed by atoms with Gasteiger partial charge in [-0.1, -0.05) is 12.1 Å². The number of rotatable bonds is 3. The van der Waals surface area contributed by atoms with Gasteiger partial charge in [-0.15, -0.1) is 0 Å². The van der Waals surface area contributed by atoms with Crippen LogP contribution in [0, 0.1) is 5.82 Å². The second-order valence-electron chi connectivity index (χ2n) is 5.27. The van der Waals surface area contributed by atoms with Crippen LogP contribution in [-0.4, -0.2) is 24.7 Å². The smallest absolute Gasteiger partial charge is 0.328 e. The number of anilines is 1. The molecule has 4 heteroatoms. The maximum atomic E-state index is 13.6. The van der Waals surface area contributed by atoms with Gasteiger partial charge in [0.05, 0.1) is 5.69 Å². The van der Waals surface area contributed by atoms with Crippen molar-refractivity contribution in [1.29, 1.82) is 0 Å². The van der Waals surface area contributed by atoms with E-state index in [0.717, 1.165) is 0 Å². The molecule has 1 aromatic rings. The average Bonchev–Trinajstić information content (AvgIpc) is 2.25. The van der Waals surface area contributed by atoms with Crippen molar-refractivity contribution in [2.75, 3.05) is 11.9 Å². The third kappa shape index (κ3) is 3.72. The third-order valence-electron chi connectivity index (χ3n) is 2.56. The maximum absolute atomic E-state index is 13.6. The molecule has 0 heterocycles. The Balaban J connectivity index is 2.82. The van der Waals surface area contributed by atoms with Crippen LogP contribution in [0.4, 0.5) is 10.1 Å². The van der Waals surface area contributed by atoms with Crippen LogP contribution >= 0.6 is 0 Å². The number of benzene rings is 1. The molecular weight excluding hydrogens is 233 g/mol. The second-order valence-corrected chi connectivity index (χ2v) is 5.27. The highest BCUT2D eigenvalue weighted by Crippen LogP contribution is 2.20. The number of hydrogen-bond acceptors (Lipinski definition) is 3. The highest BCUT2D eigenvalue weighted by Gasteiger charge is 2.25. The summed E-state index contributed by atoms with van der Waals surface area (Å²) < 4.78 is 18.9. The summed E-state index contributed by atoms with van der Waals surface area (Å²) in [6, 6.07) is 5.81. The normalized spacial score (nSPS) is 13.0. The minimum absolute atomic E-state index is 0.351. The number of carbonyl (C=O) groups is 1. The third-order valence-corrected chi connectivity index (χ3v) is 2.56. The minimum Gasteiger partial charge on any atom is -0.458 e. The molecule has 0 saturated carbocycles. The zero-order chi connectivity index (χ0) is 13.9. The summed E-state index contributed by atoms with van der Waals surface area (Å²) in [5, 5.41) is 0. The van der Waals surface area contributed by atoms with Gasteiger partial charge < -0.3 is 9.64 Å². The van der Waals surface area contributed by atoms with Gasteiger partial charge in [-0.05, 0) is 39.8 Å². The summed E-state index contributed by atoms with van der Waals surface area (Å²) in [6.07, 6.45) is 0. The molecule has 0 aliphatic carbocycles. The molecule has 3 nitrogen and oxygen atoms in total. The summed E-state index contributed by atoms with van der Waals surface area (Å²) in [4.78, 5) is 13.5. The first-order valence-corrected chi connectivity index (χ1v) is 5.92. The number of nitrogens with zero attached hydrogens (tertiary/aromatic N) is 1. The van der Waals surface area contributed by atoms with E-state index in [1.54, 1.807) is 57.8 Å². The van der Waals surface area contributed by atoms with E-state index in [9.17, 15) is 9.18 Å². The van der Waals surface area contributed by atoms with Crippen LogP contribution in [0.2, 0.25) is 0 Å². The predicted octanol–water partition coefficient (Wildman–Crippen LogP) is 2.99. The molecule has 18 heavy (non-hydrogen) atoms. The maximum Gasteiger partial charge on any atom is 0.328 e. The van der Waals surface area contributed by atoms with E-state index in [4.69, 9.17) is 4.74 Å². The Morgan fingerprint density at radius 1 is 1.33 bits per heavy atom. The fourth-order valence-corrected chi connectivity index (χ4v) is 1.49. The van der Waals surface area contributed by atoms with Crippen molar-refractivity contribution >= 4 is 11.7 Å². The monoisotopic (exact) mass is 253 g/mol. The number of ether oxygens (including phenoxy) is 1. The summed E-state index contributed by atoms with van der Waals surface area (Å²) in [5.41, 5.74) is -0.155. The Bertz CT molecular complexity index is 426. The molecule has 1 unspecified atom stereocenters. The number of halogens is 1. The standard InChI is InChI=1S/C14H20FNO2/c1-10(13(17)18-14(2,3)4)16(5)12-9-7-6-8-11(12)15/h6-10H,1-5H3. The largest absolute Gasteiger partial charge is 0.458 e. The van der Waals surface area contributed by atoms with Crippen LogP contribution in [0.5, 0.6) is 0 Å². The van der Waals surface area contributed by atoms with Crippen molar-refractivity contribution < 1.29 is 13.9 Å². The molecule has 0 aliphatic rings. The predicted molar refractivity (Wildman–Crippen MR) is 70.1 cm³/mol. The van der Waals surface area contributed by atoms with Gasteiger partial charge in [0.25, 0.3) is 0 Å². The van der Waals surface area contributed by atoms with E-state index in [0.29, 0.717) is 5.69 Å². The van der Waals surface area contributed by atoms with Crippen LogP contribution in [-0.2, 0) is 9.53 Å². The lowest BCUT2D eigenvalue weighted by atomic mass is 10.2. The molecule has 1 atom stereocenters. The van der Waals surface area contributed by atoms with Crippen LogP contribution in [0.1, 0.15) is 27.7 Å². The van der Waals surface area contributed by atoms with E-state index in [1.807, 2.05) is 0 Å². The number of para-hydroxylation sites is 1. The summed E-state index contributed by atoms with van der Waals surface area (Å²) in [7, 11) is 1.67. The molecule has 0 aromatic heterocycles. The molecule has 0 fully saturated rings. The van der Waals surface area contributed by atoms with E-state index < -0.39 is 11.6 Å². The number of carbonyl (C=O) groups excluding carboxylic acids is 1. The van der Waals surface area contributed by atoms with E-state index in [-0.39, 0.29) is 11.8 Å². The quantitative estimate of drug-likeness (QED) is 0.776. The van der Waals surface area contributed by atoms with Gasteiger partial charge in [0.1, 0.15) is 17.5 Å². The highest BCUT2D eigenvalue weighted by molar-refractivity contribution is 5.79. The molecule has 1 aromatic carbocycles. The number of hydrogen-bond donors (Lipinski definition) is 0. The molecule has 0 bridgehead atoms. The lowest BCUT2D eigenvalue weighted by Gasteiger charge is -2.29. The average molecular weight is 253 g/mol. The van der Waals surface area contributed by atoms with Gasteiger partial charge in [-0.3, -0.25) is 0 Å². The minimum atomic E-state index is -0.541. The zero-order valence-electron chi connectivity index (χ0n) is 11.5. The Labute approximate surface area is 108 Å². The van der Waals surface area contributed by atoms with Crippen LogP contribution < -0.4 is 4.90 Å². The van der Waals surface area contributed by atoms with Crippen molar-refractivity contribution in [1.82, 2.24) is 0 Å². The molecule has 0 radical (unpaired) electrons. The van der Waals surface area contributed by atoms with Gasteiger partial charge >= 0.3 is 5.97 Å². The fraction of sp³-hybridized carbons (Fsp3) is 0.500. The summed E-state index contributed by atoms with van der Waals surface area (Å²) in [5.74, 6) is -0.719. The first-order chi connectivity index (χ1) is 8.22. The van der Waals surface area contributed by atoms with Crippen LogP contribution in [0.25, 0.3) is 0 Å². The van der Waals surface area contributed by atoms with Crippen molar-refractivity contribution in [3.8, 4) is 0 Å². The van der Waals surface area contributed by atoms with E-state index in [2.05, 4.69) is 0 Å². The molecule has 0 saturated heterocycles. The van der Waals surface area contributed by atoms with Gasteiger partial charge in [-0.25, -0.2) is 9.18 Å². The molecule has 1 rings (SSSR count). The topological polar surface area (TPSA) is 29.5 Å². The molecular formula is C14H20FNO2. The lowest BCUT2D eigenvalue weighted by molar-refractivity contribution is -0.156. The molecule has 0 N–H and O–H groups in total. The molecule has 0 aliphatic heterocycles. The van der Waals surface area contributed by atoms with Crippen molar-refractivity contribution in [2.24, 2.45) is 0 Å². The summed E-state index contributed by atoms with van der Waals surface area (Å²) in [6.45, 7) is 7.11. The van der Waals surface area contributed by atoms with E-state index in [1.165, 1.54) is 6.07 Å². The Morgan fingerprint density at radius 3 is 2.39 bits per heavy atom. The van der Waals surface area contributed by atoms with Crippen molar-refractivity contribution in [3.05, 3.63) is 30.1 Å². The number of likely N-dealkylation sites (N-methyl/N-ethyl adjacent to an activating group) is 1. The Morgan fingerprint density at radius 2 is 1.89 bits per heavy atom. The Kier molecular flexibility index (Phi) is 4.33.